The first-order valence-electron chi connectivity index (χ1n) is 26.2. The van der Waals surface area contributed by atoms with Gasteiger partial charge in [0.15, 0.2) is 0 Å². The number of hydrogen-bond acceptors (Lipinski definition) is 3. The van der Waals surface area contributed by atoms with Crippen LogP contribution in [0.15, 0.2) is 158 Å². The number of hydrogen-bond donors (Lipinski definition) is 0. The van der Waals surface area contributed by atoms with Gasteiger partial charge in [-0.25, -0.2) is 0 Å². The standard InChI is InChI=1S/C68H65BN2S/c1-64(2,3)41-25-30-44(31-26-41)70-56-34-29-43(66(7,8)9)37-55(56)69-61-57(70)35-40(46-21-18-24-53-60(46)48-20-15-17-23-52(48)67(53,10)11)36-58(61)71(45-32-27-42(28-33-45)65(4,5)6)62-50-38-49-47-19-14-16-22-51(47)68(12,13)54(49)39-59(50)72-63(62)69/h14-39H,1-13H3. The largest absolute Gasteiger partial charge is 0.311 e. The van der Waals surface area contributed by atoms with Gasteiger partial charge in [-0.3, -0.25) is 0 Å². The molecular weight excluding hydrogens is 888 g/mol. The second kappa shape index (κ2) is 15.0. The molecule has 0 N–H and O–H groups in total. The minimum absolute atomic E-state index is 0.000214. The minimum Gasteiger partial charge on any atom is -0.311 e. The van der Waals surface area contributed by atoms with Crippen molar-refractivity contribution in [3.05, 3.63) is 197 Å². The lowest BCUT2D eigenvalue weighted by atomic mass is 9.36. The highest BCUT2D eigenvalue weighted by Crippen LogP contribution is 2.57. The van der Waals surface area contributed by atoms with Crippen LogP contribution in [0.4, 0.5) is 34.1 Å². The first-order valence-corrected chi connectivity index (χ1v) is 27.0. The molecule has 0 bridgehead atoms. The van der Waals surface area contributed by atoms with Gasteiger partial charge in [-0.05, 0) is 154 Å². The van der Waals surface area contributed by atoms with Crippen molar-refractivity contribution in [2.24, 2.45) is 0 Å². The number of nitrogens with zero attached hydrogens (tertiary/aromatic N) is 2. The monoisotopic (exact) mass is 952 g/mol. The van der Waals surface area contributed by atoms with Gasteiger partial charge in [0, 0.05) is 54.1 Å². The lowest BCUT2D eigenvalue weighted by Gasteiger charge is -2.44. The summed E-state index contributed by atoms with van der Waals surface area (Å²) in [5.41, 5.74) is 27.4. The maximum absolute atomic E-state index is 2.68. The summed E-state index contributed by atoms with van der Waals surface area (Å²) >= 11 is 2.02. The fourth-order valence-corrected chi connectivity index (χ4v) is 14.4. The van der Waals surface area contributed by atoms with Crippen molar-refractivity contribution in [1.29, 1.82) is 0 Å². The number of benzene rings is 8. The van der Waals surface area contributed by atoms with Crippen LogP contribution in [0.5, 0.6) is 0 Å². The van der Waals surface area contributed by atoms with Gasteiger partial charge in [0.1, 0.15) is 0 Å². The predicted octanol–water partition coefficient (Wildman–Crippen LogP) is 17.2. The van der Waals surface area contributed by atoms with Gasteiger partial charge in [0.25, 0.3) is 6.71 Å². The molecule has 1 aromatic heterocycles. The van der Waals surface area contributed by atoms with Gasteiger partial charge in [-0.2, -0.15) is 0 Å². The Morgan fingerprint density at radius 3 is 1.57 bits per heavy atom. The van der Waals surface area contributed by atoms with E-state index >= 15 is 0 Å². The summed E-state index contributed by atoms with van der Waals surface area (Å²) in [7, 11) is 0. The Kier molecular flexibility index (Phi) is 9.42. The van der Waals surface area contributed by atoms with Crippen molar-refractivity contribution >= 4 is 78.0 Å². The number of thiophene rings is 1. The third kappa shape index (κ3) is 6.40. The number of fused-ring (bicyclic) bond motifs is 12. The number of anilines is 6. The van der Waals surface area contributed by atoms with E-state index in [0.717, 1.165) is 0 Å². The van der Waals surface area contributed by atoms with Crippen molar-refractivity contribution in [2.75, 3.05) is 9.80 Å². The van der Waals surface area contributed by atoms with Crippen LogP contribution in [0.1, 0.15) is 129 Å². The zero-order chi connectivity index (χ0) is 50.2. The van der Waals surface area contributed by atoms with Crippen LogP contribution < -0.4 is 25.5 Å². The summed E-state index contributed by atoms with van der Waals surface area (Å²) in [6.07, 6.45) is 0. The molecule has 13 rings (SSSR count). The molecule has 0 saturated carbocycles. The van der Waals surface area contributed by atoms with E-state index in [4.69, 9.17) is 0 Å². The average molecular weight is 953 g/mol. The second-order valence-corrected chi connectivity index (χ2v) is 26.5. The van der Waals surface area contributed by atoms with E-state index in [1.807, 2.05) is 11.3 Å². The summed E-state index contributed by atoms with van der Waals surface area (Å²) in [5.74, 6) is 0. The first-order chi connectivity index (χ1) is 34.1. The molecule has 3 heterocycles. The fourth-order valence-electron chi connectivity index (χ4n) is 13.1. The van der Waals surface area contributed by atoms with E-state index in [0.29, 0.717) is 0 Å². The van der Waals surface area contributed by atoms with Gasteiger partial charge in [-0.15, -0.1) is 11.3 Å². The topological polar surface area (TPSA) is 6.48 Å². The molecule has 356 valence electrons. The van der Waals surface area contributed by atoms with Crippen molar-refractivity contribution < 1.29 is 0 Å². The van der Waals surface area contributed by atoms with Gasteiger partial charge in [0.2, 0.25) is 0 Å². The molecule has 0 spiro atoms. The van der Waals surface area contributed by atoms with Crippen LogP contribution in [0.25, 0.3) is 43.5 Å². The Hall–Kier alpha value is -6.62. The highest BCUT2D eigenvalue weighted by atomic mass is 32.1. The molecular formula is C68H65BN2S. The minimum atomic E-state index is -0.126. The molecule has 0 fully saturated rings. The molecule has 72 heavy (non-hydrogen) atoms. The lowest BCUT2D eigenvalue weighted by molar-refractivity contribution is 0.590. The Bertz CT molecular complexity index is 3750. The summed E-state index contributed by atoms with van der Waals surface area (Å²) < 4.78 is 2.76. The molecule has 0 saturated heterocycles. The van der Waals surface area contributed by atoms with E-state index in [-0.39, 0.29) is 33.8 Å². The molecule has 8 aromatic carbocycles. The van der Waals surface area contributed by atoms with E-state index in [1.165, 1.54) is 132 Å². The number of rotatable bonds is 3. The quantitative estimate of drug-likeness (QED) is 0.163. The van der Waals surface area contributed by atoms with Crippen LogP contribution in [0.2, 0.25) is 0 Å². The fraction of sp³-hybridized carbons (Fsp3) is 0.265. The van der Waals surface area contributed by atoms with Crippen LogP contribution >= 0.6 is 11.3 Å². The summed E-state index contributed by atoms with van der Waals surface area (Å²) in [4.78, 5) is 5.29. The maximum Gasteiger partial charge on any atom is 0.264 e. The molecule has 4 heteroatoms. The molecule has 2 aliphatic heterocycles. The molecule has 2 aliphatic carbocycles. The summed E-state index contributed by atoms with van der Waals surface area (Å²) in [6, 6.07) is 62.0. The first kappa shape index (κ1) is 45.3. The SMILES string of the molecule is CC(C)(C)c1ccc(N2c3ccc(C(C)(C)C)cc3B3c4sc5cc6c(cc5c4N(c4ccc(C(C)(C)C)cc4)c4cc(-c5cccc7c5-c5ccccc5C7(C)C)cc2c43)-c2ccccc2C6(C)C)cc1. The molecule has 2 nitrogen and oxygen atoms in total. The molecule has 9 aromatic rings. The zero-order valence-corrected chi connectivity index (χ0v) is 45.2. The third-order valence-electron chi connectivity index (χ3n) is 17.1. The lowest BCUT2D eigenvalue weighted by Crippen LogP contribution is -2.60. The molecule has 0 amide bonds. The maximum atomic E-state index is 2.68. The van der Waals surface area contributed by atoms with Gasteiger partial charge in [-0.1, -0.05) is 193 Å². The Labute approximate surface area is 432 Å². The van der Waals surface area contributed by atoms with Crippen LogP contribution in [-0.2, 0) is 27.1 Å². The predicted molar refractivity (Wildman–Crippen MR) is 313 cm³/mol. The molecule has 0 atom stereocenters. The molecule has 4 aliphatic rings. The van der Waals surface area contributed by atoms with Crippen molar-refractivity contribution in [2.45, 2.75) is 117 Å². The van der Waals surface area contributed by atoms with Crippen LogP contribution in [0.3, 0.4) is 0 Å². The molecule has 0 radical (unpaired) electrons. The Balaban J connectivity index is 1.18. The Morgan fingerprint density at radius 2 is 0.944 bits per heavy atom. The van der Waals surface area contributed by atoms with E-state index in [1.54, 1.807) is 0 Å². The van der Waals surface area contributed by atoms with Crippen LogP contribution in [0, 0.1) is 0 Å². The smallest absolute Gasteiger partial charge is 0.264 e. The molecule has 0 unspecified atom stereocenters. The summed E-state index contributed by atoms with van der Waals surface area (Å²) in [6.45, 7) is 30.6. The van der Waals surface area contributed by atoms with Crippen molar-refractivity contribution in [1.82, 2.24) is 0 Å². The van der Waals surface area contributed by atoms with E-state index in [9.17, 15) is 0 Å². The normalized spacial score (nSPS) is 15.7. The second-order valence-electron chi connectivity index (χ2n) is 25.4. The average Bonchev–Trinajstić information content (AvgIpc) is 3.91. The van der Waals surface area contributed by atoms with Gasteiger partial charge in [0.05, 0.1) is 5.69 Å². The van der Waals surface area contributed by atoms with Crippen molar-refractivity contribution in [3.8, 4) is 33.4 Å². The highest BCUT2D eigenvalue weighted by molar-refractivity contribution is 7.33. The zero-order valence-electron chi connectivity index (χ0n) is 44.4. The highest BCUT2D eigenvalue weighted by Gasteiger charge is 2.47. The van der Waals surface area contributed by atoms with Gasteiger partial charge >= 0.3 is 0 Å². The third-order valence-corrected chi connectivity index (χ3v) is 18.3. The van der Waals surface area contributed by atoms with Crippen LogP contribution in [-0.4, -0.2) is 6.71 Å². The summed E-state index contributed by atoms with van der Waals surface area (Å²) in [5, 5.41) is 1.32. The van der Waals surface area contributed by atoms with Crippen molar-refractivity contribution in [3.63, 3.8) is 0 Å². The Morgan fingerprint density at radius 1 is 0.431 bits per heavy atom. The van der Waals surface area contributed by atoms with E-state index < -0.39 is 0 Å². The van der Waals surface area contributed by atoms with E-state index in [2.05, 4.69) is 258 Å². The van der Waals surface area contributed by atoms with Gasteiger partial charge < -0.3 is 9.80 Å².